The van der Waals surface area contributed by atoms with Crippen molar-refractivity contribution in [3.8, 4) is 5.75 Å². The highest BCUT2D eigenvalue weighted by atomic mass is 16.3. The number of nitrogens with one attached hydrogen (secondary N) is 1. The Kier molecular flexibility index (Phi) is 1.04. The smallest absolute Gasteiger partial charge is 0.155 e. The minimum atomic E-state index is 0.000000000000000222. The van der Waals surface area contributed by atoms with Crippen molar-refractivity contribution in [2.75, 3.05) is 0 Å². The van der Waals surface area contributed by atoms with E-state index in [9.17, 15) is 4.79 Å². The molecule has 42 valence electrons. The van der Waals surface area contributed by atoms with Crippen molar-refractivity contribution in [1.82, 2.24) is 4.98 Å². The van der Waals surface area contributed by atoms with E-state index in [1.54, 1.807) is 0 Å². The molecule has 0 bridgehead atoms. The molecule has 0 aromatic carbocycles. The van der Waals surface area contributed by atoms with Crippen LogP contribution in [0.5, 0.6) is 5.75 Å². The Balaban J connectivity index is 3.09. The molecule has 0 saturated heterocycles. The molecular formula is C5H5NO2. The van der Waals surface area contributed by atoms with E-state index in [1.165, 1.54) is 12.4 Å². The predicted octanol–water partition coefficient (Wildman–Crippen LogP) is 0.533. The molecule has 0 saturated carbocycles. The number of hydrogen-bond donors (Lipinski definition) is 2. The topological polar surface area (TPSA) is 53.1 Å². The van der Waals surface area contributed by atoms with Crippen LogP contribution in [0.4, 0.5) is 0 Å². The third-order valence-corrected chi connectivity index (χ3v) is 0.882. The van der Waals surface area contributed by atoms with Crippen molar-refractivity contribution in [2.24, 2.45) is 0 Å². The maximum atomic E-state index is 9.91. The van der Waals surface area contributed by atoms with Crippen LogP contribution in [0.25, 0.3) is 0 Å². The second-order valence-corrected chi connectivity index (χ2v) is 1.41. The molecule has 0 amide bonds. The first-order valence-corrected chi connectivity index (χ1v) is 2.15. The molecule has 0 fully saturated rings. The molecule has 1 aromatic heterocycles. The molecule has 3 nitrogen and oxygen atoms in total. The van der Waals surface area contributed by atoms with Crippen molar-refractivity contribution in [3.63, 3.8) is 0 Å². The standard InChI is InChI=1S/C5H5NO2/c7-3-4-1-6-2-5(4)8/h1-3,6,8H. The molecule has 0 aliphatic carbocycles. The zero-order chi connectivity index (χ0) is 5.98. The predicted molar refractivity (Wildman–Crippen MR) is 27.8 cm³/mol. The van der Waals surface area contributed by atoms with Gasteiger partial charge in [-0.3, -0.25) is 4.79 Å². The number of aromatic hydroxyl groups is 1. The maximum Gasteiger partial charge on any atom is 0.155 e. The average molecular weight is 111 g/mol. The lowest BCUT2D eigenvalue weighted by atomic mass is 10.4. The first kappa shape index (κ1) is 4.90. The molecule has 3 heteroatoms. The fourth-order valence-corrected chi connectivity index (χ4v) is 0.462. The quantitative estimate of drug-likeness (QED) is 0.519. The van der Waals surface area contributed by atoms with Gasteiger partial charge in [0.15, 0.2) is 6.29 Å². The highest BCUT2D eigenvalue weighted by Gasteiger charge is 1.95. The second kappa shape index (κ2) is 1.69. The largest absolute Gasteiger partial charge is 0.506 e. The van der Waals surface area contributed by atoms with Crippen molar-refractivity contribution in [3.05, 3.63) is 18.0 Å². The Morgan fingerprint density at radius 1 is 1.62 bits per heavy atom. The number of hydrogen-bond acceptors (Lipinski definition) is 2. The van der Waals surface area contributed by atoms with Crippen LogP contribution in [-0.4, -0.2) is 16.4 Å². The minimum Gasteiger partial charge on any atom is -0.506 e. The summed E-state index contributed by atoms with van der Waals surface area (Å²) in [5, 5.41) is 8.69. The second-order valence-electron chi connectivity index (χ2n) is 1.41. The van der Waals surface area contributed by atoms with Gasteiger partial charge in [-0.2, -0.15) is 0 Å². The van der Waals surface area contributed by atoms with Gasteiger partial charge in [-0.15, -0.1) is 0 Å². The number of aromatic nitrogens is 1. The van der Waals surface area contributed by atoms with Gasteiger partial charge < -0.3 is 10.1 Å². The summed E-state index contributed by atoms with van der Waals surface area (Å²) in [6.45, 7) is 0. The van der Waals surface area contributed by atoms with Crippen LogP contribution in [0.15, 0.2) is 12.4 Å². The molecular weight excluding hydrogens is 106 g/mol. The molecule has 0 aliphatic heterocycles. The van der Waals surface area contributed by atoms with Crippen molar-refractivity contribution < 1.29 is 9.90 Å². The monoisotopic (exact) mass is 111 g/mol. The van der Waals surface area contributed by atoms with Crippen LogP contribution < -0.4 is 0 Å². The Morgan fingerprint density at radius 2 is 2.38 bits per heavy atom. The van der Waals surface area contributed by atoms with E-state index in [0.29, 0.717) is 11.8 Å². The van der Waals surface area contributed by atoms with E-state index in [2.05, 4.69) is 4.98 Å². The van der Waals surface area contributed by atoms with Crippen LogP contribution in [0.1, 0.15) is 10.4 Å². The van der Waals surface area contributed by atoms with Gasteiger partial charge in [-0.05, 0) is 0 Å². The van der Waals surface area contributed by atoms with Crippen LogP contribution in [0.2, 0.25) is 0 Å². The van der Waals surface area contributed by atoms with Crippen LogP contribution in [0, 0.1) is 0 Å². The van der Waals surface area contributed by atoms with Gasteiger partial charge in [0.2, 0.25) is 0 Å². The molecule has 8 heavy (non-hydrogen) atoms. The van der Waals surface area contributed by atoms with E-state index in [-0.39, 0.29) is 5.75 Å². The van der Waals surface area contributed by atoms with E-state index in [4.69, 9.17) is 5.11 Å². The molecule has 0 spiro atoms. The lowest BCUT2D eigenvalue weighted by Crippen LogP contribution is -1.69. The van der Waals surface area contributed by atoms with E-state index in [1.807, 2.05) is 0 Å². The summed E-state index contributed by atoms with van der Waals surface area (Å²) < 4.78 is 0. The van der Waals surface area contributed by atoms with Crippen molar-refractivity contribution in [1.29, 1.82) is 0 Å². The van der Waals surface area contributed by atoms with Crippen molar-refractivity contribution >= 4 is 6.29 Å². The molecule has 0 aliphatic rings. The maximum absolute atomic E-state index is 9.91. The fourth-order valence-electron chi connectivity index (χ4n) is 0.462. The zero-order valence-corrected chi connectivity index (χ0v) is 4.09. The number of rotatable bonds is 1. The van der Waals surface area contributed by atoms with E-state index >= 15 is 0 Å². The highest BCUT2D eigenvalue weighted by molar-refractivity contribution is 5.78. The lowest BCUT2D eigenvalue weighted by Gasteiger charge is -1.78. The summed E-state index contributed by atoms with van der Waals surface area (Å²) in [4.78, 5) is 12.5. The summed E-state index contributed by atoms with van der Waals surface area (Å²) in [6, 6.07) is 0. The van der Waals surface area contributed by atoms with Gasteiger partial charge in [0.1, 0.15) is 5.75 Å². The van der Waals surface area contributed by atoms with Gasteiger partial charge in [-0.25, -0.2) is 0 Å². The fraction of sp³-hybridized carbons (Fsp3) is 0. The average Bonchev–Trinajstić information content (AvgIpc) is 2.14. The molecule has 1 heterocycles. The molecule has 2 N–H and O–H groups in total. The zero-order valence-electron chi connectivity index (χ0n) is 4.09. The van der Waals surface area contributed by atoms with Gasteiger partial charge in [0, 0.05) is 12.4 Å². The summed E-state index contributed by atoms with van der Waals surface area (Å²) in [5.74, 6) is 0.000000000000000222. The minimum absolute atomic E-state index is 0.000000000000000222. The normalized spacial score (nSPS) is 9.00. The molecule has 1 aromatic rings. The van der Waals surface area contributed by atoms with Gasteiger partial charge >= 0.3 is 0 Å². The van der Waals surface area contributed by atoms with Crippen LogP contribution in [-0.2, 0) is 0 Å². The first-order chi connectivity index (χ1) is 3.84. The van der Waals surface area contributed by atoms with Gasteiger partial charge in [-0.1, -0.05) is 0 Å². The Hall–Kier alpha value is -1.25. The number of carbonyl (C=O) groups excluding carboxylic acids is 1. The summed E-state index contributed by atoms with van der Waals surface area (Å²) in [5.41, 5.74) is 0.296. The molecule has 0 atom stereocenters. The summed E-state index contributed by atoms with van der Waals surface area (Å²) >= 11 is 0. The third kappa shape index (κ3) is 0.578. The van der Waals surface area contributed by atoms with Gasteiger partial charge in [0.05, 0.1) is 5.56 Å². The number of aromatic amines is 1. The third-order valence-electron chi connectivity index (χ3n) is 0.882. The SMILES string of the molecule is O=Cc1c[nH]cc1O. The number of H-pyrrole nitrogens is 1. The molecule has 0 radical (unpaired) electrons. The number of carbonyl (C=O) groups is 1. The van der Waals surface area contributed by atoms with E-state index < -0.39 is 0 Å². The lowest BCUT2D eigenvalue weighted by molar-refractivity contribution is 0.112. The molecule has 1 rings (SSSR count). The van der Waals surface area contributed by atoms with Crippen LogP contribution in [0.3, 0.4) is 0 Å². The Morgan fingerprint density at radius 3 is 2.62 bits per heavy atom. The summed E-state index contributed by atoms with van der Waals surface area (Å²) in [7, 11) is 0. The Bertz CT molecular complexity index is 192. The Labute approximate surface area is 46.0 Å². The first-order valence-electron chi connectivity index (χ1n) is 2.15. The van der Waals surface area contributed by atoms with Crippen LogP contribution >= 0.6 is 0 Å². The molecule has 0 unspecified atom stereocenters. The van der Waals surface area contributed by atoms with E-state index in [0.717, 1.165) is 0 Å². The van der Waals surface area contributed by atoms with Gasteiger partial charge in [0.25, 0.3) is 0 Å². The van der Waals surface area contributed by atoms with Crippen molar-refractivity contribution in [2.45, 2.75) is 0 Å². The number of aldehydes is 1. The summed E-state index contributed by atoms with van der Waals surface area (Å²) in [6.07, 6.45) is 3.37. The highest BCUT2D eigenvalue weighted by Crippen LogP contribution is 2.10.